The lowest BCUT2D eigenvalue weighted by Crippen LogP contribution is -2.11. The molecule has 0 radical (unpaired) electrons. The molecule has 0 saturated heterocycles. The summed E-state index contributed by atoms with van der Waals surface area (Å²) in [5.41, 5.74) is 3.82. The molecule has 5 heteroatoms. The molecule has 0 bridgehead atoms. The Morgan fingerprint density at radius 1 is 1.35 bits per heavy atom. The Hall–Kier alpha value is -1.81. The second kappa shape index (κ2) is 4.63. The van der Waals surface area contributed by atoms with E-state index in [1.165, 1.54) is 22.2 Å². The fourth-order valence-electron chi connectivity index (χ4n) is 3.14. The number of aromatic amines is 1. The van der Waals surface area contributed by atoms with E-state index >= 15 is 0 Å². The molecule has 0 spiro atoms. The lowest BCUT2D eigenvalue weighted by atomic mass is 9.86. The number of hydrogen-bond acceptors (Lipinski definition) is 3. The minimum Gasteiger partial charge on any atom is -0.358 e. The molecule has 2 heterocycles. The van der Waals surface area contributed by atoms with Crippen LogP contribution < -0.4 is 0 Å². The molecule has 102 valence electrons. The van der Waals surface area contributed by atoms with Gasteiger partial charge < -0.3 is 9.51 Å². The summed E-state index contributed by atoms with van der Waals surface area (Å²) in [6, 6.07) is 8.43. The molecule has 0 fully saturated rings. The molecule has 2 aromatic heterocycles. The van der Waals surface area contributed by atoms with Crippen molar-refractivity contribution in [3.8, 4) is 0 Å². The summed E-state index contributed by atoms with van der Waals surface area (Å²) in [7, 11) is 0. The lowest BCUT2D eigenvalue weighted by Gasteiger charge is -2.19. The summed E-state index contributed by atoms with van der Waals surface area (Å²) in [4.78, 5) is 7.93. The molecule has 1 aliphatic rings. The highest BCUT2D eigenvalue weighted by molar-refractivity contribution is 6.16. The number of para-hydroxylation sites is 1. The molecule has 4 rings (SSSR count). The third-order valence-corrected chi connectivity index (χ3v) is 4.25. The van der Waals surface area contributed by atoms with E-state index in [1.54, 1.807) is 0 Å². The predicted octanol–water partition coefficient (Wildman–Crippen LogP) is 3.76. The number of aromatic nitrogens is 3. The van der Waals surface area contributed by atoms with E-state index in [4.69, 9.17) is 16.1 Å². The minimum absolute atomic E-state index is 0.187. The van der Waals surface area contributed by atoms with Gasteiger partial charge in [0.05, 0.1) is 5.92 Å². The van der Waals surface area contributed by atoms with Crippen LogP contribution in [0.4, 0.5) is 0 Å². The molecule has 0 unspecified atom stereocenters. The largest absolute Gasteiger partial charge is 0.358 e. The third kappa shape index (κ3) is 1.75. The van der Waals surface area contributed by atoms with Crippen LogP contribution >= 0.6 is 11.6 Å². The van der Waals surface area contributed by atoms with Crippen molar-refractivity contribution in [3.05, 3.63) is 47.2 Å². The lowest BCUT2D eigenvalue weighted by molar-refractivity contribution is 0.379. The van der Waals surface area contributed by atoms with Gasteiger partial charge in [-0.05, 0) is 30.9 Å². The molecule has 3 aromatic rings. The number of alkyl halides is 1. The number of aryl methyl sites for hydroxylation is 1. The van der Waals surface area contributed by atoms with Gasteiger partial charge in [0, 0.05) is 16.6 Å². The van der Waals surface area contributed by atoms with Gasteiger partial charge in [-0.25, -0.2) is 0 Å². The average Bonchev–Trinajstić information content (AvgIpc) is 3.11. The number of nitrogens with one attached hydrogen (secondary N) is 1. The second-order valence-corrected chi connectivity index (χ2v) is 5.45. The number of hydrogen-bond donors (Lipinski definition) is 1. The third-order valence-electron chi connectivity index (χ3n) is 4.02. The Balaban J connectivity index is 1.85. The molecule has 0 aliphatic heterocycles. The second-order valence-electron chi connectivity index (χ2n) is 5.19. The summed E-state index contributed by atoms with van der Waals surface area (Å²) >= 11 is 5.74. The van der Waals surface area contributed by atoms with Gasteiger partial charge >= 0.3 is 0 Å². The first-order valence-electron chi connectivity index (χ1n) is 6.84. The van der Waals surface area contributed by atoms with E-state index in [0.29, 0.717) is 5.89 Å². The van der Waals surface area contributed by atoms with E-state index in [2.05, 4.69) is 39.4 Å². The number of H-pyrrole nitrogens is 1. The molecule has 1 atom stereocenters. The summed E-state index contributed by atoms with van der Waals surface area (Å²) in [5.74, 6) is 1.68. The van der Waals surface area contributed by atoms with Gasteiger partial charge in [-0.3, -0.25) is 0 Å². The highest BCUT2D eigenvalue weighted by Gasteiger charge is 2.28. The summed E-state index contributed by atoms with van der Waals surface area (Å²) in [6.45, 7) is 0. The normalized spacial score (nSPS) is 18.4. The zero-order valence-electron chi connectivity index (χ0n) is 10.9. The van der Waals surface area contributed by atoms with Gasteiger partial charge in [0.15, 0.2) is 5.82 Å². The number of nitrogens with zero attached hydrogens (tertiary/aromatic N) is 2. The molecule has 0 amide bonds. The fraction of sp³-hybridized carbons (Fsp3) is 0.333. The highest BCUT2D eigenvalue weighted by atomic mass is 35.5. The first-order chi connectivity index (χ1) is 9.86. The molecule has 20 heavy (non-hydrogen) atoms. The number of benzene rings is 1. The van der Waals surface area contributed by atoms with Crippen LogP contribution in [-0.2, 0) is 12.3 Å². The Bertz CT molecular complexity index is 761. The summed E-state index contributed by atoms with van der Waals surface area (Å²) in [5, 5.41) is 5.40. The van der Waals surface area contributed by atoms with Gasteiger partial charge in [-0.15, -0.1) is 11.6 Å². The van der Waals surface area contributed by atoms with Crippen molar-refractivity contribution >= 4 is 22.5 Å². The van der Waals surface area contributed by atoms with Crippen LogP contribution in [0.3, 0.4) is 0 Å². The van der Waals surface area contributed by atoms with Crippen molar-refractivity contribution < 1.29 is 4.52 Å². The van der Waals surface area contributed by atoms with Crippen molar-refractivity contribution in [2.24, 2.45) is 0 Å². The van der Waals surface area contributed by atoms with Crippen LogP contribution in [0.25, 0.3) is 10.9 Å². The molecule has 1 aliphatic carbocycles. The van der Waals surface area contributed by atoms with Crippen LogP contribution in [0, 0.1) is 0 Å². The average molecular weight is 288 g/mol. The van der Waals surface area contributed by atoms with Crippen LogP contribution in [-0.4, -0.2) is 15.1 Å². The number of halogens is 1. The topological polar surface area (TPSA) is 54.7 Å². The van der Waals surface area contributed by atoms with E-state index in [9.17, 15) is 0 Å². The van der Waals surface area contributed by atoms with Crippen molar-refractivity contribution in [2.75, 3.05) is 0 Å². The zero-order valence-corrected chi connectivity index (χ0v) is 11.7. The Labute approximate surface area is 121 Å². The van der Waals surface area contributed by atoms with Gasteiger partial charge in [0.2, 0.25) is 5.89 Å². The van der Waals surface area contributed by atoms with Crippen LogP contribution in [0.15, 0.2) is 28.8 Å². The van der Waals surface area contributed by atoms with Crippen molar-refractivity contribution in [1.29, 1.82) is 0 Å². The Kier molecular flexibility index (Phi) is 2.77. The van der Waals surface area contributed by atoms with E-state index in [0.717, 1.165) is 25.1 Å². The Morgan fingerprint density at radius 3 is 3.10 bits per heavy atom. The summed E-state index contributed by atoms with van der Waals surface area (Å²) < 4.78 is 5.15. The smallest absolute Gasteiger partial charge is 0.241 e. The quantitative estimate of drug-likeness (QED) is 0.730. The highest BCUT2D eigenvalue weighted by Crippen LogP contribution is 2.38. The Morgan fingerprint density at radius 2 is 2.25 bits per heavy atom. The standard InChI is InChI=1S/C15H14ClN3O/c16-8-13-18-15(19-20-13)11-6-3-5-10-9-4-1-2-7-12(9)17-14(10)11/h1-2,4,7,11,17H,3,5-6,8H2/t11-/m1/s1. The molecule has 4 nitrogen and oxygen atoms in total. The van der Waals surface area contributed by atoms with Gasteiger partial charge in [-0.2, -0.15) is 4.98 Å². The maximum absolute atomic E-state index is 5.74. The van der Waals surface area contributed by atoms with E-state index < -0.39 is 0 Å². The van der Waals surface area contributed by atoms with Crippen LogP contribution in [0.1, 0.15) is 41.7 Å². The number of fused-ring (bicyclic) bond motifs is 3. The SMILES string of the molecule is ClCc1nc([C@@H]2CCCc3c2[nH]c2ccccc32)no1. The van der Waals surface area contributed by atoms with Crippen LogP contribution in [0.2, 0.25) is 0 Å². The van der Waals surface area contributed by atoms with Crippen molar-refractivity contribution in [3.63, 3.8) is 0 Å². The maximum atomic E-state index is 5.74. The zero-order chi connectivity index (χ0) is 13.5. The first kappa shape index (κ1) is 12.0. The predicted molar refractivity (Wildman–Crippen MR) is 76.9 cm³/mol. The molecular formula is C15H14ClN3O. The summed E-state index contributed by atoms with van der Waals surface area (Å²) in [6.07, 6.45) is 3.29. The molecule has 1 aromatic carbocycles. The maximum Gasteiger partial charge on any atom is 0.241 e. The van der Waals surface area contributed by atoms with Gasteiger partial charge in [0.1, 0.15) is 5.88 Å². The fourth-order valence-corrected chi connectivity index (χ4v) is 3.25. The van der Waals surface area contributed by atoms with Gasteiger partial charge in [0.25, 0.3) is 0 Å². The number of rotatable bonds is 2. The van der Waals surface area contributed by atoms with Crippen molar-refractivity contribution in [2.45, 2.75) is 31.1 Å². The van der Waals surface area contributed by atoms with E-state index in [1.807, 2.05) is 0 Å². The molecular weight excluding hydrogens is 274 g/mol. The van der Waals surface area contributed by atoms with E-state index in [-0.39, 0.29) is 11.8 Å². The monoisotopic (exact) mass is 287 g/mol. The first-order valence-corrected chi connectivity index (χ1v) is 7.38. The molecule has 1 N–H and O–H groups in total. The minimum atomic E-state index is 0.187. The van der Waals surface area contributed by atoms with Crippen LogP contribution in [0.5, 0.6) is 0 Å². The van der Waals surface area contributed by atoms with Crippen molar-refractivity contribution in [1.82, 2.24) is 15.1 Å². The van der Waals surface area contributed by atoms with Gasteiger partial charge in [-0.1, -0.05) is 23.4 Å². The molecule has 0 saturated carbocycles.